The highest BCUT2D eigenvalue weighted by Gasteiger charge is 2.02. The quantitative estimate of drug-likeness (QED) is 0.819. The average molecular weight is 340 g/mol. The predicted octanol–water partition coefficient (Wildman–Crippen LogP) is 3.50. The molecule has 3 nitrogen and oxygen atoms in total. The summed E-state index contributed by atoms with van der Waals surface area (Å²) in [4.78, 5) is 0. The van der Waals surface area contributed by atoms with Gasteiger partial charge in [-0.25, -0.2) is 4.39 Å². The lowest BCUT2D eigenvalue weighted by molar-refractivity contribution is 0.216. The molecule has 0 bridgehead atoms. The van der Waals surface area contributed by atoms with Crippen molar-refractivity contribution in [3.63, 3.8) is 0 Å². The molecule has 0 radical (unpaired) electrons. The van der Waals surface area contributed by atoms with E-state index < -0.39 is 0 Å². The van der Waals surface area contributed by atoms with Crippen LogP contribution in [0.2, 0.25) is 0 Å². The van der Waals surface area contributed by atoms with Crippen molar-refractivity contribution in [2.24, 2.45) is 5.73 Å². The SMILES string of the molecule is NCc1cccc(OCCOc2ccc(F)cc2Br)c1. The van der Waals surface area contributed by atoms with Crippen molar-refractivity contribution in [3.05, 3.63) is 58.3 Å². The monoisotopic (exact) mass is 339 g/mol. The van der Waals surface area contributed by atoms with Crippen molar-refractivity contribution in [2.45, 2.75) is 6.54 Å². The van der Waals surface area contributed by atoms with Gasteiger partial charge in [-0.2, -0.15) is 0 Å². The lowest BCUT2D eigenvalue weighted by Crippen LogP contribution is -2.09. The molecule has 5 heteroatoms. The van der Waals surface area contributed by atoms with Crippen LogP contribution in [0.1, 0.15) is 5.56 Å². The average Bonchev–Trinajstić information content (AvgIpc) is 2.45. The Hall–Kier alpha value is -1.59. The third-order valence-electron chi connectivity index (χ3n) is 2.64. The van der Waals surface area contributed by atoms with Crippen LogP contribution in [0.5, 0.6) is 11.5 Å². The van der Waals surface area contributed by atoms with E-state index in [0.717, 1.165) is 11.3 Å². The molecule has 2 rings (SSSR count). The van der Waals surface area contributed by atoms with Crippen molar-refractivity contribution >= 4 is 15.9 Å². The van der Waals surface area contributed by atoms with Gasteiger partial charge in [0.1, 0.15) is 30.5 Å². The van der Waals surface area contributed by atoms with Gasteiger partial charge in [-0.05, 0) is 51.8 Å². The Morgan fingerprint density at radius 2 is 1.85 bits per heavy atom. The zero-order valence-corrected chi connectivity index (χ0v) is 12.4. The van der Waals surface area contributed by atoms with Crippen LogP contribution in [0.25, 0.3) is 0 Å². The van der Waals surface area contributed by atoms with Crippen LogP contribution in [0.4, 0.5) is 4.39 Å². The lowest BCUT2D eigenvalue weighted by atomic mass is 10.2. The van der Waals surface area contributed by atoms with Crippen molar-refractivity contribution in [1.29, 1.82) is 0 Å². The van der Waals surface area contributed by atoms with Crippen LogP contribution in [0.15, 0.2) is 46.9 Å². The summed E-state index contributed by atoms with van der Waals surface area (Å²) < 4.78 is 24.6. The Balaban J connectivity index is 1.81. The number of rotatable bonds is 6. The Kier molecular flexibility index (Phi) is 5.38. The van der Waals surface area contributed by atoms with Crippen molar-refractivity contribution in [3.8, 4) is 11.5 Å². The van der Waals surface area contributed by atoms with E-state index in [0.29, 0.717) is 30.0 Å². The molecule has 0 aliphatic carbocycles. The molecule has 106 valence electrons. The van der Waals surface area contributed by atoms with E-state index >= 15 is 0 Å². The molecule has 0 aliphatic heterocycles. The molecule has 0 heterocycles. The van der Waals surface area contributed by atoms with E-state index in [9.17, 15) is 4.39 Å². The fourth-order valence-electron chi connectivity index (χ4n) is 1.67. The van der Waals surface area contributed by atoms with E-state index in [1.54, 1.807) is 6.07 Å². The van der Waals surface area contributed by atoms with Gasteiger partial charge in [0, 0.05) is 6.54 Å². The first kappa shape index (κ1) is 14.8. The smallest absolute Gasteiger partial charge is 0.133 e. The number of halogens is 2. The molecule has 0 fully saturated rings. The maximum absolute atomic E-state index is 12.9. The zero-order chi connectivity index (χ0) is 14.4. The van der Waals surface area contributed by atoms with Gasteiger partial charge in [-0.1, -0.05) is 12.1 Å². The fraction of sp³-hybridized carbons (Fsp3) is 0.200. The van der Waals surface area contributed by atoms with Gasteiger partial charge in [0.15, 0.2) is 0 Å². The molecule has 0 unspecified atom stereocenters. The molecule has 0 aliphatic rings. The number of benzene rings is 2. The van der Waals surface area contributed by atoms with Gasteiger partial charge in [0.25, 0.3) is 0 Å². The van der Waals surface area contributed by atoms with E-state index in [2.05, 4.69) is 15.9 Å². The van der Waals surface area contributed by atoms with Crippen molar-refractivity contribution in [2.75, 3.05) is 13.2 Å². The van der Waals surface area contributed by atoms with E-state index in [1.807, 2.05) is 24.3 Å². The molecule has 0 atom stereocenters. The Labute approximate surface area is 125 Å². The van der Waals surface area contributed by atoms with Crippen LogP contribution in [0.3, 0.4) is 0 Å². The molecule has 0 aromatic heterocycles. The molecule has 0 spiro atoms. The van der Waals surface area contributed by atoms with Crippen LogP contribution >= 0.6 is 15.9 Å². The van der Waals surface area contributed by atoms with Gasteiger partial charge in [-0.3, -0.25) is 0 Å². The first-order chi connectivity index (χ1) is 9.69. The number of ether oxygens (including phenoxy) is 2. The minimum atomic E-state index is -0.306. The largest absolute Gasteiger partial charge is 0.490 e. The van der Waals surface area contributed by atoms with Crippen LogP contribution in [-0.2, 0) is 6.54 Å². The van der Waals surface area contributed by atoms with E-state index in [4.69, 9.17) is 15.2 Å². The molecule has 2 aromatic carbocycles. The highest BCUT2D eigenvalue weighted by Crippen LogP contribution is 2.25. The van der Waals surface area contributed by atoms with Gasteiger partial charge >= 0.3 is 0 Å². The summed E-state index contributed by atoms with van der Waals surface area (Å²) in [6, 6.07) is 11.9. The molecule has 2 N–H and O–H groups in total. The predicted molar refractivity (Wildman–Crippen MR) is 79.4 cm³/mol. The molecular weight excluding hydrogens is 325 g/mol. The van der Waals surface area contributed by atoms with E-state index in [-0.39, 0.29) is 5.82 Å². The van der Waals surface area contributed by atoms with Crippen molar-refractivity contribution < 1.29 is 13.9 Å². The molecule has 0 saturated heterocycles. The second kappa shape index (κ2) is 7.26. The normalized spacial score (nSPS) is 10.3. The van der Waals surface area contributed by atoms with Gasteiger partial charge in [-0.15, -0.1) is 0 Å². The molecule has 2 aromatic rings. The minimum Gasteiger partial charge on any atom is -0.490 e. The van der Waals surface area contributed by atoms with Crippen LogP contribution in [0, 0.1) is 5.82 Å². The second-order valence-corrected chi connectivity index (χ2v) is 4.98. The Bertz CT molecular complexity index is 578. The standard InChI is InChI=1S/C15H15BrFNO2/c16-14-9-12(17)4-5-15(14)20-7-6-19-13-3-1-2-11(8-13)10-18/h1-5,8-9H,6-7,10,18H2. The summed E-state index contributed by atoms with van der Waals surface area (Å²) in [5.41, 5.74) is 6.58. The first-order valence-corrected chi connectivity index (χ1v) is 6.98. The molecular formula is C15H15BrFNO2. The lowest BCUT2D eigenvalue weighted by Gasteiger charge is -2.10. The third kappa shape index (κ3) is 4.21. The van der Waals surface area contributed by atoms with Gasteiger partial charge in [0.05, 0.1) is 4.47 Å². The minimum absolute atomic E-state index is 0.306. The topological polar surface area (TPSA) is 44.5 Å². The summed E-state index contributed by atoms with van der Waals surface area (Å²) in [7, 11) is 0. The van der Waals surface area contributed by atoms with Crippen molar-refractivity contribution in [1.82, 2.24) is 0 Å². The summed E-state index contributed by atoms with van der Waals surface area (Å²) in [6.45, 7) is 1.26. The third-order valence-corrected chi connectivity index (χ3v) is 3.26. The van der Waals surface area contributed by atoms with Gasteiger partial charge in [0.2, 0.25) is 0 Å². The maximum Gasteiger partial charge on any atom is 0.133 e. The summed E-state index contributed by atoms with van der Waals surface area (Å²) >= 11 is 3.24. The first-order valence-electron chi connectivity index (χ1n) is 6.18. The highest BCUT2D eigenvalue weighted by molar-refractivity contribution is 9.10. The number of hydrogen-bond donors (Lipinski definition) is 1. The fourth-order valence-corrected chi connectivity index (χ4v) is 2.13. The summed E-state index contributed by atoms with van der Waals surface area (Å²) in [5, 5.41) is 0. The molecule has 0 amide bonds. The number of nitrogens with two attached hydrogens (primary N) is 1. The van der Waals surface area contributed by atoms with Crippen LogP contribution < -0.4 is 15.2 Å². The van der Waals surface area contributed by atoms with E-state index in [1.165, 1.54) is 12.1 Å². The molecule has 0 saturated carbocycles. The van der Waals surface area contributed by atoms with Gasteiger partial charge < -0.3 is 15.2 Å². The summed E-state index contributed by atoms with van der Waals surface area (Å²) in [6.07, 6.45) is 0. The highest BCUT2D eigenvalue weighted by atomic mass is 79.9. The second-order valence-electron chi connectivity index (χ2n) is 4.12. The Morgan fingerprint density at radius 3 is 2.60 bits per heavy atom. The zero-order valence-electron chi connectivity index (χ0n) is 10.8. The summed E-state index contributed by atoms with van der Waals surface area (Å²) in [5.74, 6) is 1.04. The maximum atomic E-state index is 12.9. The number of hydrogen-bond acceptors (Lipinski definition) is 3. The molecule has 20 heavy (non-hydrogen) atoms. The Morgan fingerprint density at radius 1 is 1.05 bits per heavy atom. The van der Waals surface area contributed by atoms with Crippen LogP contribution in [-0.4, -0.2) is 13.2 Å².